The summed E-state index contributed by atoms with van der Waals surface area (Å²) in [5, 5.41) is 3.42. The first-order chi connectivity index (χ1) is 5.68. The van der Waals surface area contributed by atoms with Crippen LogP contribution in [0.4, 0.5) is 0 Å². The zero-order valence-electron chi connectivity index (χ0n) is 8.32. The third kappa shape index (κ3) is 4.96. The van der Waals surface area contributed by atoms with E-state index >= 15 is 0 Å². The summed E-state index contributed by atoms with van der Waals surface area (Å²) in [6.45, 7) is 6.08. The van der Waals surface area contributed by atoms with Gasteiger partial charge in [0.15, 0.2) is 0 Å². The topological polar surface area (TPSA) is 21.3 Å². The minimum Gasteiger partial charge on any atom is -0.385 e. The smallest absolute Gasteiger partial charge is 0.0474 e. The molecule has 2 nitrogen and oxygen atoms in total. The fraction of sp³-hybridized carbons (Fsp3) is 1.00. The predicted molar refractivity (Wildman–Crippen MR) is 53.9 cm³/mol. The molecule has 1 N–H and O–H groups in total. The van der Waals surface area contributed by atoms with Crippen molar-refractivity contribution in [2.45, 2.75) is 32.2 Å². The predicted octanol–water partition coefficient (Wildman–Crippen LogP) is 2.02. The van der Waals surface area contributed by atoms with Gasteiger partial charge in [-0.2, -0.15) is 0 Å². The number of methoxy groups -OCH3 is 1. The van der Waals surface area contributed by atoms with Gasteiger partial charge in [0.25, 0.3) is 0 Å². The van der Waals surface area contributed by atoms with Crippen LogP contribution in [0, 0.1) is 0 Å². The van der Waals surface area contributed by atoms with Crippen molar-refractivity contribution in [2.24, 2.45) is 0 Å². The van der Waals surface area contributed by atoms with Crippen molar-refractivity contribution in [2.75, 3.05) is 26.1 Å². The quantitative estimate of drug-likeness (QED) is 0.494. The molecular weight excluding hydrogens is 174 g/mol. The zero-order chi connectivity index (χ0) is 9.45. The van der Waals surface area contributed by atoms with Gasteiger partial charge in [-0.25, -0.2) is 0 Å². The van der Waals surface area contributed by atoms with Gasteiger partial charge < -0.3 is 10.1 Å². The molecule has 0 saturated heterocycles. The van der Waals surface area contributed by atoms with Crippen molar-refractivity contribution in [3.63, 3.8) is 0 Å². The Kier molecular flexibility index (Phi) is 6.81. The van der Waals surface area contributed by atoms with Crippen molar-refractivity contribution in [1.29, 1.82) is 0 Å². The van der Waals surface area contributed by atoms with Crippen LogP contribution >= 0.6 is 11.6 Å². The standard InChI is InChI=1S/C9H20ClNO/c1-4-9(2,8-10)11-6-5-7-12-3/h11H,4-8H2,1-3H3. The highest BCUT2D eigenvalue weighted by atomic mass is 35.5. The maximum atomic E-state index is 5.83. The second-order valence-corrected chi connectivity index (χ2v) is 3.59. The molecule has 74 valence electrons. The van der Waals surface area contributed by atoms with E-state index in [1.54, 1.807) is 7.11 Å². The molecule has 0 bridgehead atoms. The SMILES string of the molecule is CCC(C)(CCl)NCCCOC. The maximum Gasteiger partial charge on any atom is 0.0474 e. The van der Waals surface area contributed by atoms with Gasteiger partial charge in [-0.15, -0.1) is 11.6 Å². The molecule has 0 saturated carbocycles. The fourth-order valence-corrected chi connectivity index (χ4v) is 1.16. The summed E-state index contributed by atoms with van der Waals surface area (Å²) >= 11 is 5.83. The van der Waals surface area contributed by atoms with Gasteiger partial charge in [0.1, 0.15) is 0 Å². The van der Waals surface area contributed by atoms with Crippen LogP contribution in [-0.2, 0) is 4.74 Å². The third-order valence-corrected chi connectivity index (χ3v) is 2.74. The van der Waals surface area contributed by atoms with Crippen molar-refractivity contribution in [3.05, 3.63) is 0 Å². The Bertz CT molecular complexity index is 105. The summed E-state index contributed by atoms with van der Waals surface area (Å²) in [4.78, 5) is 0. The monoisotopic (exact) mass is 193 g/mol. The van der Waals surface area contributed by atoms with E-state index in [1.807, 2.05) is 0 Å². The lowest BCUT2D eigenvalue weighted by molar-refractivity contribution is 0.190. The summed E-state index contributed by atoms with van der Waals surface area (Å²) in [6.07, 6.45) is 2.10. The summed E-state index contributed by atoms with van der Waals surface area (Å²) in [5.41, 5.74) is 0.0926. The molecule has 0 heterocycles. The third-order valence-electron chi connectivity index (χ3n) is 2.15. The fourth-order valence-electron chi connectivity index (χ4n) is 0.873. The van der Waals surface area contributed by atoms with Crippen molar-refractivity contribution in [1.82, 2.24) is 5.32 Å². The van der Waals surface area contributed by atoms with Crippen LogP contribution in [0.25, 0.3) is 0 Å². The first kappa shape index (κ1) is 12.2. The van der Waals surface area contributed by atoms with E-state index in [9.17, 15) is 0 Å². The van der Waals surface area contributed by atoms with Crippen molar-refractivity contribution < 1.29 is 4.74 Å². The Hall–Kier alpha value is 0.210. The minimum atomic E-state index is 0.0926. The summed E-state index contributed by atoms with van der Waals surface area (Å²) in [5.74, 6) is 0.663. The molecule has 3 heteroatoms. The lowest BCUT2D eigenvalue weighted by Crippen LogP contribution is -2.44. The molecule has 0 fully saturated rings. The molecule has 0 aliphatic rings. The molecule has 1 unspecified atom stereocenters. The van der Waals surface area contributed by atoms with Crippen molar-refractivity contribution >= 4 is 11.6 Å². The van der Waals surface area contributed by atoms with Crippen LogP contribution in [0.5, 0.6) is 0 Å². The normalized spacial score (nSPS) is 16.0. The minimum absolute atomic E-state index is 0.0926. The van der Waals surface area contributed by atoms with Crippen LogP contribution in [0.15, 0.2) is 0 Å². The number of alkyl halides is 1. The Morgan fingerprint density at radius 1 is 1.50 bits per heavy atom. The highest BCUT2D eigenvalue weighted by molar-refractivity contribution is 6.18. The molecule has 0 radical (unpaired) electrons. The van der Waals surface area contributed by atoms with Crippen LogP contribution in [0.2, 0.25) is 0 Å². The van der Waals surface area contributed by atoms with Crippen LogP contribution < -0.4 is 5.32 Å². The molecule has 0 aromatic carbocycles. The number of nitrogens with one attached hydrogen (secondary N) is 1. The number of ether oxygens (including phenoxy) is 1. The van der Waals surface area contributed by atoms with E-state index in [0.717, 1.165) is 26.0 Å². The van der Waals surface area contributed by atoms with Gasteiger partial charge in [0, 0.05) is 25.1 Å². The lowest BCUT2D eigenvalue weighted by atomic mass is 10.0. The highest BCUT2D eigenvalue weighted by Crippen LogP contribution is 2.10. The summed E-state index contributed by atoms with van der Waals surface area (Å²) in [7, 11) is 1.72. The Morgan fingerprint density at radius 2 is 2.17 bits per heavy atom. The molecule has 0 spiro atoms. The lowest BCUT2D eigenvalue weighted by Gasteiger charge is -2.27. The molecule has 1 atom stereocenters. The van der Waals surface area contributed by atoms with Gasteiger partial charge in [0.05, 0.1) is 0 Å². The average Bonchev–Trinajstić information content (AvgIpc) is 2.12. The molecule has 0 rings (SSSR count). The van der Waals surface area contributed by atoms with Gasteiger partial charge in [-0.1, -0.05) is 6.92 Å². The Labute approximate surface area is 80.6 Å². The molecule has 0 amide bonds. The molecular formula is C9H20ClNO. The Morgan fingerprint density at radius 3 is 2.58 bits per heavy atom. The summed E-state index contributed by atoms with van der Waals surface area (Å²) < 4.78 is 4.95. The number of hydrogen-bond acceptors (Lipinski definition) is 2. The zero-order valence-corrected chi connectivity index (χ0v) is 9.08. The molecule has 0 aliphatic carbocycles. The van der Waals surface area contributed by atoms with Crippen LogP contribution in [-0.4, -0.2) is 31.7 Å². The largest absolute Gasteiger partial charge is 0.385 e. The van der Waals surface area contributed by atoms with Gasteiger partial charge in [-0.3, -0.25) is 0 Å². The van der Waals surface area contributed by atoms with Crippen LogP contribution in [0.3, 0.4) is 0 Å². The first-order valence-corrected chi connectivity index (χ1v) is 5.02. The van der Waals surface area contributed by atoms with E-state index in [0.29, 0.717) is 5.88 Å². The van der Waals surface area contributed by atoms with Crippen LogP contribution in [0.1, 0.15) is 26.7 Å². The van der Waals surface area contributed by atoms with E-state index in [4.69, 9.17) is 16.3 Å². The van der Waals surface area contributed by atoms with Crippen molar-refractivity contribution in [3.8, 4) is 0 Å². The van der Waals surface area contributed by atoms with E-state index < -0.39 is 0 Å². The maximum absolute atomic E-state index is 5.83. The second-order valence-electron chi connectivity index (χ2n) is 3.32. The number of rotatable bonds is 7. The molecule has 12 heavy (non-hydrogen) atoms. The van der Waals surface area contributed by atoms with E-state index in [-0.39, 0.29) is 5.54 Å². The average molecular weight is 194 g/mol. The van der Waals surface area contributed by atoms with Gasteiger partial charge >= 0.3 is 0 Å². The molecule has 0 aliphatic heterocycles. The van der Waals surface area contributed by atoms with Gasteiger partial charge in [-0.05, 0) is 26.3 Å². The first-order valence-electron chi connectivity index (χ1n) is 4.48. The number of halogens is 1. The summed E-state index contributed by atoms with van der Waals surface area (Å²) in [6, 6.07) is 0. The number of hydrogen-bond donors (Lipinski definition) is 1. The Balaban J connectivity index is 3.45. The van der Waals surface area contributed by atoms with Gasteiger partial charge in [0.2, 0.25) is 0 Å². The second kappa shape index (κ2) is 6.70. The van der Waals surface area contributed by atoms with E-state index in [1.165, 1.54) is 0 Å². The molecule has 0 aromatic rings. The highest BCUT2D eigenvalue weighted by Gasteiger charge is 2.18. The van der Waals surface area contributed by atoms with E-state index in [2.05, 4.69) is 19.2 Å². The molecule has 0 aromatic heterocycles.